The molecule has 0 bridgehead atoms. The fraction of sp³-hybridized carbons (Fsp3) is 1.00. The third kappa shape index (κ3) is 3.69. The van der Waals surface area contributed by atoms with Gasteiger partial charge in [-0.3, -0.25) is 9.80 Å². The molecule has 2 aliphatic rings. The quantitative estimate of drug-likeness (QED) is 0.813. The van der Waals surface area contributed by atoms with Crippen LogP contribution in [0.1, 0.15) is 27.2 Å². The molecule has 0 amide bonds. The van der Waals surface area contributed by atoms with Crippen molar-refractivity contribution in [2.24, 2.45) is 0 Å². The highest BCUT2D eigenvalue weighted by Gasteiger charge is 2.34. The first kappa shape index (κ1) is 15.2. The Kier molecular flexibility index (Phi) is 4.88. The second-order valence-corrected chi connectivity index (χ2v) is 6.97. The summed E-state index contributed by atoms with van der Waals surface area (Å²) < 4.78 is 0. The molecule has 0 saturated carbocycles. The molecule has 0 radical (unpaired) electrons. The van der Waals surface area contributed by atoms with E-state index in [0.29, 0.717) is 17.6 Å². The average Bonchev–Trinajstić information content (AvgIpc) is 2.38. The van der Waals surface area contributed by atoms with Gasteiger partial charge in [0.25, 0.3) is 0 Å². The van der Waals surface area contributed by atoms with Gasteiger partial charge in [-0.25, -0.2) is 0 Å². The van der Waals surface area contributed by atoms with E-state index in [-0.39, 0.29) is 0 Å². The zero-order valence-electron chi connectivity index (χ0n) is 13.4. The van der Waals surface area contributed by atoms with Crippen molar-refractivity contribution in [3.05, 3.63) is 0 Å². The lowest BCUT2D eigenvalue weighted by Gasteiger charge is -2.48. The van der Waals surface area contributed by atoms with Gasteiger partial charge in [0.1, 0.15) is 0 Å². The molecule has 0 spiro atoms. The van der Waals surface area contributed by atoms with E-state index in [1.807, 2.05) is 0 Å². The van der Waals surface area contributed by atoms with Gasteiger partial charge in [-0.2, -0.15) is 0 Å². The Morgan fingerprint density at radius 2 is 2.00 bits per heavy atom. The SMILES string of the molecule is CCC1(C)CN(CC2CN(C)CCN2C)C(C)CN1. The molecule has 19 heavy (non-hydrogen) atoms. The smallest absolute Gasteiger partial charge is 0.0347 e. The second kappa shape index (κ2) is 6.08. The number of likely N-dealkylation sites (N-methyl/N-ethyl adjacent to an activating group) is 2. The number of hydrogen-bond acceptors (Lipinski definition) is 4. The first-order valence-corrected chi connectivity index (χ1v) is 7.81. The maximum absolute atomic E-state index is 3.72. The van der Waals surface area contributed by atoms with Gasteiger partial charge in [0.15, 0.2) is 0 Å². The van der Waals surface area contributed by atoms with Crippen LogP contribution < -0.4 is 5.32 Å². The number of nitrogens with zero attached hydrogens (tertiary/aromatic N) is 3. The van der Waals surface area contributed by atoms with Gasteiger partial charge >= 0.3 is 0 Å². The Hall–Kier alpha value is -0.160. The lowest BCUT2D eigenvalue weighted by Crippen LogP contribution is -2.65. The largest absolute Gasteiger partial charge is 0.309 e. The highest BCUT2D eigenvalue weighted by Crippen LogP contribution is 2.20. The normalized spacial score (nSPS) is 39.6. The summed E-state index contributed by atoms with van der Waals surface area (Å²) in [5.41, 5.74) is 0.297. The summed E-state index contributed by atoms with van der Waals surface area (Å²) in [5.74, 6) is 0. The molecule has 3 atom stereocenters. The molecule has 0 aromatic rings. The van der Waals surface area contributed by atoms with Crippen molar-refractivity contribution in [1.82, 2.24) is 20.0 Å². The van der Waals surface area contributed by atoms with Gasteiger partial charge in [0.05, 0.1) is 0 Å². The molecule has 112 valence electrons. The lowest BCUT2D eigenvalue weighted by atomic mass is 9.93. The minimum absolute atomic E-state index is 0.297. The van der Waals surface area contributed by atoms with Gasteiger partial charge in [-0.15, -0.1) is 0 Å². The van der Waals surface area contributed by atoms with Crippen LogP contribution in [0.3, 0.4) is 0 Å². The molecule has 2 saturated heterocycles. The van der Waals surface area contributed by atoms with Crippen LogP contribution in [-0.4, -0.2) is 85.7 Å². The van der Waals surface area contributed by atoms with E-state index in [4.69, 9.17) is 0 Å². The van der Waals surface area contributed by atoms with E-state index in [1.54, 1.807) is 0 Å². The van der Waals surface area contributed by atoms with E-state index in [0.717, 1.165) is 6.54 Å². The van der Waals surface area contributed by atoms with E-state index in [2.05, 4.69) is 54.9 Å². The summed E-state index contributed by atoms with van der Waals surface area (Å²) in [6.45, 7) is 14.1. The van der Waals surface area contributed by atoms with Gasteiger partial charge in [0, 0.05) is 56.9 Å². The fourth-order valence-electron chi connectivity index (χ4n) is 3.23. The third-order valence-electron chi connectivity index (χ3n) is 5.21. The number of nitrogens with one attached hydrogen (secondary N) is 1. The molecular weight excluding hydrogens is 236 g/mol. The van der Waals surface area contributed by atoms with Crippen LogP contribution in [0.4, 0.5) is 0 Å². The molecule has 2 fully saturated rings. The van der Waals surface area contributed by atoms with E-state index < -0.39 is 0 Å². The van der Waals surface area contributed by atoms with Crippen molar-refractivity contribution in [2.45, 2.75) is 44.8 Å². The van der Waals surface area contributed by atoms with E-state index in [1.165, 1.54) is 39.1 Å². The number of hydrogen-bond donors (Lipinski definition) is 1. The fourth-order valence-corrected chi connectivity index (χ4v) is 3.23. The lowest BCUT2D eigenvalue weighted by molar-refractivity contribution is 0.0361. The zero-order valence-corrected chi connectivity index (χ0v) is 13.4. The summed E-state index contributed by atoms with van der Waals surface area (Å²) in [6, 6.07) is 1.33. The average molecular weight is 268 g/mol. The van der Waals surface area contributed by atoms with Crippen molar-refractivity contribution < 1.29 is 0 Å². The Labute approximate surface area is 119 Å². The van der Waals surface area contributed by atoms with Crippen LogP contribution in [0.2, 0.25) is 0 Å². The van der Waals surface area contributed by atoms with E-state index >= 15 is 0 Å². The summed E-state index contributed by atoms with van der Waals surface area (Å²) in [5, 5.41) is 3.72. The molecule has 2 rings (SSSR count). The van der Waals surface area contributed by atoms with Crippen LogP contribution in [0, 0.1) is 0 Å². The van der Waals surface area contributed by atoms with Crippen molar-refractivity contribution in [1.29, 1.82) is 0 Å². The predicted molar refractivity (Wildman–Crippen MR) is 81.6 cm³/mol. The molecule has 2 aliphatic heterocycles. The molecule has 1 N–H and O–H groups in total. The van der Waals surface area contributed by atoms with E-state index in [9.17, 15) is 0 Å². The molecule has 3 unspecified atom stereocenters. The van der Waals surface area contributed by atoms with Crippen LogP contribution in [0.25, 0.3) is 0 Å². The molecule has 0 aliphatic carbocycles. The van der Waals surface area contributed by atoms with Gasteiger partial charge in [-0.05, 0) is 34.4 Å². The summed E-state index contributed by atoms with van der Waals surface area (Å²) >= 11 is 0. The molecular formula is C15H32N4. The monoisotopic (exact) mass is 268 g/mol. The minimum atomic E-state index is 0.297. The molecule has 4 heteroatoms. The Morgan fingerprint density at radius 1 is 1.26 bits per heavy atom. The maximum atomic E-state index is 3.72. The Bertz CT molecular complexity index is 296. The summed E-state index contributed by atoms with van der Waals surface area (Å²) in [4.78, 5) is 7.70. The van der Waals surface area contributed by atoms with Crippen molar-refractivity contribution >= 4 is 0 Å². The topological polar surface area (TPSA) is 21.8 Å². The summed E-state index contributed by atoms with van der Waals surface area (Å²) in [6.07, 6.45) is 1.20. The van der Waals surface area contributed by atoms with Crippen LogP contribution in [0.5, 0.6) is 0 Å². The highest BCUT2D eigenvalue weighted by atomic mass is 15.3. The predicted octanol–water partition coefficient (Wildman–Crippen LogP) is 0.695. The van der Waals surface area contributed by atoms with Crippen LogP contribution in [-0.2, 0) is 0 Å². The first-order valence-electron chi connectivity index (χ1n) is 7.81. The third-order valence-corrected chi connectivity index (χ3v) is 5.21. The van der Waals surface area contributed by atoms with Crippen molar-refractivity contribution in [2.75, 3.05) is 53.4 Å². The minimum Gasteiger partial charge on any atom is -0.309 e. The molecule has 0 aromatic heterocycles. The van der Waals surface area contributed by atoms with Gasteiger partial charge < -0.3 is 10.2 Å². The molecule has 0 aromatic carbocycles. The van der Waals surface area contributed by atoms with Crippen LogP contribution >= 0.6 is 0 Å². The maximum Gasteiger partial charge on any atom is 0.0347 e. The van der Waals surface area contributed by atoms with Crippen molar-refractivity contribution in [3.63, 3.8) is 0 Å². The number of piperazine rings is 2. The molecule has 4 nitrogen and oxygen atoms in total. The number of rotatable bonds is 3. The standard InChI is InChI=1S/C15H32N4/c1-6-15(3)12-19(13(2)9-16-15)11-14-10-17(4)7-8-18(14)5/h13-14,16H,6-12H2,1-5H3. The van der Waals surface area contributed by atoms with Gasteiger partial charge in [0.2, 0.25) is 0 Å². The first-order chi connectivity index (χ1) is 8.93. The van der Waals surface area contributed by atoms with Crippen molar-refractivity contribution in [3.8, 4) is 0 Å². The Morgan fingerprint density at radius 3 is 2.68 bits per heavy atom. The highest BCUT2D eigenvalue weighted by molar-refractivity contribution is 4.95. The summed E-state index contributed by atoms with van der Waals surface area (Å²) in [7, 11) is 4.53. The second-order valence-electron chi connectivity index (χ2n) is 6.97. The molecule has 2 heterocycles. The van der Waals surface area contributed by atoms with Gasteiger partial charge in [-0.1, -0.05) is 6.92 Å². The Balaban J connectivity index is 1.96. The zero-order chi connectivity index (χ0) is 14.0. The van der Waals surface area contributed by atoms with Crippen LogP contribution in [0.15, 0.2) is 0 Å².